The first-order chi connectivity index (χ1) is 11.3. The van der Waals surface area contributed by atoms with Gasteiger partial charge >= 0.3 is 0 Å². The third-order valence-corrected chi connectivity index (χ3v) is 4.44. The molecule has 1 amide bonds. The summed E-state index contributed by atoms with van der Waals surface area (Å²) in [7, 11) is 0. The number of rotatable bonds is 5. The van der Waals surface area contributed by atoms with Crippen LogP contribution in [0.15, 0.2) is 72.8 Å². The zero-order valence-corrected chi connectivity index (χ0v) is 13.3. The Balaban J connectivity index is 1.75. The molecule has 0 spiro atoms. The highest BCUT2D eigenvalue weighted by Gasteiger charge is 2.22. The summed E-state index contributed by atoms with van der Waals surface area (Å²) < 4.78 is 0. The van der Waals surface area contributed by atoms with Gasteiger partial charge in [-0.25, -0.2) is 0 Å². The van der Waals surface area contributed by atoms with Crippen molar-refractivity contribution >= 4 is 5.91 Å². The Hall–Kier alpha value is -2.35. The van der Waals surface area contributed by atoms with Crippen LogP contribution in [0.25, 0.3) is 0 Å². The van der Waals surface area contributed by atoms with Gasteiger partial charge < -0.3 is 5.32 Å². The normalized spacial score (nSPS) is 18.3. The maximum absolute atomic E-state index is 12.6. The number of hydrogen-bond donors (Lipinski definition) is 1. The van der Waals surface area contributed by atoms with Crippen LogP contribution in [0, 0.1) is 5.92 Å². The number of amides is 1. The molecule has 0 saturated carbocycles. The van der Waals surface area contributed by atoms with Gasteiger partial charge in [0.05, 0.1) is 6.04 Å². The van der Waals surface area contributed by atoms with Gasteiger partial charge in [-0.2, -0.15) is 0 Å². The second kappa shape index (κ2) is 7.77. The highest BCUT2D eigenvalue weighted by molar-refractivity contribution is 5.79. The molecule has 2 heteroatoms. The molecule has 1 N–H and O–H groups in total. The van der Waals surface area contributed by atoms with E-state index >= 15 is 0 Å². The molecule has 0 heterocycles. The summed E-state index contributed by atoms with van der Waals surface area (Å²) in [5, 5.41) is 3.28. The van der Waals surface area contributed by atoms with Crippen molar-refractivity contribution in [2.45, 2.75) is 31.7 Å². The van der Waals surface area contributed by atoms with E-state index < -0.39 is 0 Å². The van der Waals surface area contributed by atoms with Crippen LogP contribution in [-0.4, -0.2) is 5.91 Å². The molecular weight excluding hydrogens is 282 g/mol. The topological polar surface area (TPSA) is 29.1 Å². The molecule has 0 aromatic heterocycles. The van der Waals surface area contributed by atoms with Crippen LogP contribution in [0.4, 0.5) is 0 Å². The summed E-state index contributed by atoms with van der Waals surface area (Å²) in [6, 6.07) is 20.6. The molecule has 0 bridgehead atoms. The highest BCUT2D eigenvalue weighted by atomic mass is 16.1. The maximum Gasteiger partial charge on any atom is 0.223 e. The standard InChI is InChI=1S/C21H23NO/c23-21(19-14-8-3-9-15-19)22-20(18-12-6-2-7-13-18)16-17-10-4-1-5-11-17/h1-8,10-13,19-20H,9,14-16H2,(H,22,23)/t19-,20+/m0/s1. The van der Waals surface area contributed by atoms with Gasteiger partial charge in [-0.1, -0.05) is 72.8 Å². The van der Waals surface area contributed by atoms with Crippen LogP contribution in [0.5, 0.6) is 0 Å². The second-order valence-corrected chi connectivity index (χ2v) is 6.14. The molecule has 0 unspecified atom stereocenters. The van der Waals surface area contributed by atoms with Gasteiger partial charge in [-0.05, 0) is 36.8 Å². The first kappa shape index (κ1) is 15.5. The largest absolute Gasteiger partial charge is 0.349 e. The summed E-state index contributed by atoms with van der Waals surface area (Å²) in [4.78, 5) is 12.6. The number of carbonyl (C=O) groups excluding carboxylic acids is 1. The number of allylic oxidation sites excluding steroid dienone is 2. The Kier molecular flexibility index (Phi) is 5.25. The Morgan fingerprint density at radius 3 is 2.35 bits per heavy atom. The second-order valence-electron chi connectivity index (χ2n) is 6.14. The lowest BCUT2D eigenvalue weighted by molar-refractivity contribution is -0.126. The molecule has 2 atom stereocenters. The van der Waals surface area contributed by atoms with E-state index in [2.05, 4.69) is 41.7 Å². The van der Waals surface area contributed by atoms with Gasteiger partial charge in [0.25, 0.3) is 0 Å². The number of benzene rings is 2. The van der Waals surface area contributed by atoms with Gasteiger partial charge in [0.15, 0.2) is 0 Å². The summed E-state index contributed by atoms with van der Waals surface area (Å²) in [5.74, 6) is 0.293. The van der Waals surface area contributed by atoms with Gasteiger partial charge in [-0.15, -0.1) is 0 Å². The molecular formula is C21H23NO. The van der Waals surface area contributed by atoms with Crippen molar-refractivity contribution in [3.05, 3.63) is 83.9 Å². The van der Waals surface area contributed by atoms with Crippen LogP contribution in [0.3, 0.4) is 0 Å². The SMILES string of the molecule is O=C(N[C@H](Cc1ccccc1)c1ccccc1)[C@H]1CC=CCC1. The molecule has 0 aliphatic heterocycles. The van der Waals surface area contributed by atoms with Crippen molar-refractivity contribution in [1.29, 1.82) is 0 Å². The molecule has 1 aliphatic rings. The van der Waals surface area contributed by atoms with Crippen molar-refractivity contribution < 1.29 is 4.79 Å². The monoisotopic (exact) mass is 305 g/mol. The van der Waals surface area contributed by atoms with Crippen LogP contribution in [0.2, 0.25) is 0 Å². The van der Waals surface area contributed by atoms with E-state index in [-0.39, 0.29) is 17.9 Å². The van der Waals surface area contributed by atoms with Crippen molar-refractivity contribution in [1.82, 2.24) is 5.32 Å². The van der Waals surface area contributed by atoms with Crippen molar-refractivity contribution in [3.8, 4) is 0 Å². The van der Waals surface area contributed by atoms with Gasteiger partial charge in [0, 0.05) is 5.92 Å². The number of carbonyl (C=O) groups is 1. The van der Waals surface area contributed by atoms with Crippen LogP contribution in [-0.2, 0) is 11.2 Å². The average Bonchev–Trinajstić information content (AvgIpc) is 2.63. The van der Waals surface area contributed by atoms with Crippen molar-refractivity contribution in [2.24, 2.45) is 5.92 Å². The molecule has 2 aromatic carbocycles. The first-order valence-corrected chi connectivity index (χ1v) is 8.37. The van der Waals surface area contributed by atoms with Gasteiger partial charge in [0.2, 0.25) is 5.91 Å². The Labute approximate surface area is 138 Å². The van der Waals surface area contributed by atoms with Crippen LogP contribution >= 0.6 is 0 Å². The van der Waals surface area contributed by atoms with E-state index in [9.17, 15) is 4.79 Å². The fraction of sp³-hybridized carbons (Fsp3) is 0.286. The summed E-state index contributed by atoms with van der Waals surface area (Å²) in [6.07, 6.45) is 7.94. The van der Waals surface area contributed by atoms with E-state index in [0.717, 1.165) is 31.2 Å². The van der Waals surface area contributed by atoms with Crippen LogP contribution in [0.1, 0.15) is 36.4 Å². The quantitative estimate of drug-likeness (QED) is 0.813. The minimum Gasteiger partial charge on any atom is -0.349 e. The van der Waals surface area contributed by atoms with Gasteiger partial charge in [-0.3, -0.25) is 4.79 Å². The number of nitrogens with one attached hydrogen (secondary N) is 1. The molecule has 0 saturated heterocycles. The molecule has 2 nitrogen and oxygen atoms in total. The lowest BCUT2D eigenvalue weighted by Crippen LogP contribution is -2.35. The van der Waals surface area contributed by atoms with E-state index in [4.69, 9.17) is 0 Å². The lowest BCUT2D eigenvalue weighted by Gasteiger charge is -2.24. The highest BCUT2D eigenvalue weighted by Crippen LogP contribution is 2.22. The van der Waals surface area contributed by atoms with Crippen LogP contribution < -0.4 is 5.32 Å². The van der Waals surface area contributed by atoms with E-state index in [1.165, 1.54) is 5.56 Å². The third kappa shape index (κ3) is 4.32. The third-order valence-electron chi connectivity index (χ3n) is 4.44. The van der Waals surface area contributed by atoms with Crippen molar-refractivity contribution in [2.75, 3.05) is 0 Å². The summed E-state index contributed by atoms with van der Waals surface area (Å²) in [6.45, 7) is 0. The molecule has 1 aliphatic carbocycles. The summed E-state index contributed by atoms with van der Waals surface area (Å²) in [5.41, 5.74) is 2.40. The molecule has 0 fully saturated rings. The summed E-state index contributed by atoms with van der Waals surface area (Å²) >= 11 is 0. The fourth-order valence-electron chi connectivity index (χ4n) is 3.11. The first-order valence-electron chi connectivity index (χ1n) is 8.37. The molecule has 2 aromatic rings. The van der Waals surface area contributed by atoms with E-state index in [1.807, 2.05) is 36.4 Å². The Bertz CT molecular complexity index is 648. The zero-order chi connectivity index (χ0) is 15.9. The average molecular weight is 305 g/mol. The van der Waals surface area contributed by atoms with E-state index in [1.54, 1.807) is 0 Å². The smallest absolute Gasteiger partial charge is 0.223 e. The minimum atomic E-state index is 0.0250. The lowest BCUT2D eigenvalue weighted by atomic mass is 9.92. The fourth-order valence-corrected chi connectivity index (χ4v) is 3.11. The maximum atomic E-state index is 12.6. The molecule has 0 radical (unpaired) electrons. The molecule has 3 rings (SSSR count). The number of hydrogen-bond acceptors (Lipinski definition) is 1. The molecule has 23 heavy (non-hydrogen) atoms. The predicted octanol–water partition coefficient (Wildman–Crippen LogP) is 4.44. The zero-order valence-electron chi connectivity index (χ0n) is 13.3. The predicted molar refractivity (Wildman–Crippen MR) is 94.0 cm³/mol. The molecule has 118 valence electrons. The Morgan fingerprint density at radius 1 is 1.00 bits per heavy atom. The minimum absolute atomic E-state index is 0.0250. The van der Waals surface area contributed by atoms with Gasteiger partial charge in [0.1, 0.15) is 0 Å². The van der Waals surface area contributed by atoms with Crippen molar-refractivity contribution in [3.63, 3.8) is 0 Å². The van der Waals surface area contributed by atoms with E-state index in [0.29, 0.717) is 0 Å². The Morgan fingerprint density at radius 2 is 1.70 bits per heavy atom.